The Bertz CT molecular complexity index is 1290. The summed E-state index contributed by atoms with van der Waals surface area (Å²) in [7, 11) is 0. The molecule has 8 heteroatoms. The maximum Gasteiger partial charge on any atom is 0.144 e. The molecule has 2 N–H and O–H groups in total. The maximum absolute atomic E-state index is 9.22. The number of fused-ring (bicyclic) bond motifs is 2. The molecule has 4 aromatic heterocycles. The van der Waals surface area contributed by atoms with Gasteiger partial charge in [-0.2, -0.15) is 0 Å². The first kappa shape index (κ1) is 22.3. The third kappa shape index (κ3) is 4.46. The monoisotopic (exact) mass is 458 g/mol. The van der Waals surface area contributed by atoms with E-state index in [9.17, 15) is 5.11 Å². The van der Waals surface area contributed by atoms with Gasteiger partial charge < -0.3 is 19.7 Å². The number of nitrogens with zero attached hydrogens (tertiary/aromatic N) is 5. The van der Waals surface area contributed by atoms with Crippen LogP contribution in [0.3, 0.4) is 0 Å². The Morgan fingerprint density at radius 1 is 1.15 bits per heavy atom. The number of nitrogens with one attached hydrogen (secondary N) is 1. The van der Waals surface area contributed by atoms with Crippen LogP contribution in [0.4, 0.5) is 5.82 Å². The van der Waals surface area contributed by atoms with Gasteiger partial charge in [-0.15, -0.1) is 0 Å². The number of pyridine rings is 2. The minimum absolute atomic E-state index is 0.0852. The van der Waals surface area contributed by atoms with Gasteiger partial charge in [0, 0.05) is 54.3 Å². The van der Waals surface area contributed by atoms with E-state index >= 15 is 0 Å². The zero-order valence-electron chi connectivity index (χ0n) is 19.6. The molecule has 1 aliphatic rings. The van der Waals surface area contributed by atoms with Gasteiger partial charge in [0.15, 0.2) is 0 Å². The second-order valence-electron chi connectivity index (χ2n) is 8.93. The summed E-state index contributed by atoms with van der Waals surface area (Å²) in [6.07, 6.45) is 9.26. The lowest BCUT2D eigenvalue weighted by Gasteiger charge is -2.26. The molecule has 0 spiro atoms. The molecule has 0 aliphatic carbocycles. The van der Waals surface area contributed by atoms with E-state index in [1.54, 1.807) is 6.33 Å². The number of aromatic nitrogens is 5. The maximum atomic E-state index is 9.22. The van der Waals surface area contributed by atoms with Gasteiger partial charge in [-0.25, -0.2) is 15.0 Å². The lowest BCUT2D eigenvalue weighted by atomic mass is 9.87. The van der Waals surface area contributed by atoms with E-state index in [4.69, 9.17) is 4.74 Å². The molecule has 0 amide bonds. The van der Waals surface area contributed by atoms with Crippen molar-refractivity contribution in [3.8, 4) is 17.0 Å². The standard InChI is InChI=1S/C26H30N6O2/c1-17(18(2)21-5-7-27-22-4-3-11-34-25(21)22)14-28-24-13-23(30-16-31-24)20-12-19-6-8-32(9-10-33)26(19)29-15-20/h5-8,12-13,15-18,33H,3-4,9-11,14H2,1-2H3,(H,28,30,31)/t17-,18?/m1/s1. The summed E-state index contributed by atoms with van der Waals surface area (Å²) in [5.41, 5.74) is 4.92. The number of rotatable bonds is 8. The Labute approximate surface area is 199 Å². The molecule has 1 unspecified atom stereocenters. The van der Waals surface area contributed by atoms with Crippen LogP contribution in [0.2, 0.25) is 0 Å². The van der Waals surface area contributed by atoms with Crippen LogP contribution in [-0.4, -0.2) is 49.4 Å². The van der Waals surface area contributed by atoms with Crippen molar-refractivity contribution in [2.75, 3.05) is 25.1 Å². The molecule has 176 valence electrons. The van der Waals surface area contributed by atoms with Crippen molar-refractivity contribution in [3.05, 3.63) is 60.4 Å². The predicted octanol–water partition coefficient (Wildman–Crippen LogP) is 4.06. The summed E-state index contributed by atoms with van der Waals surface area (Å²) >= 11 is 0. The summed E-state index contributed by atoms with van der Waals surface area (Å²) in [6, 6.07) is 8.12. The molecule has 8 nitrogen and oxygen atoms in total. The van der Waals surface area contributed by atoms with Crippen molar-refractivity contribution in [2.24, 2.45) is 5.92 Å². The Morgan fingerprint density at radius 2 is 2.06 bits per heavy atom. The van der Waals surface area contributed by atoms with Gasteiger partial charge in [-0.3, -0.25) is 4.98 Å². The molecule has 4 aromatic rings. The minimum atomic E-state index is 0.0852. The van der Waals surface area contributed by atoms with Crippen molar-refractivity contribution in [3.63, 3.8) is 0 Å². The highest BCUT2D eigenvalue weighted by Gasteiger charge is 2.23. The molecular weight excluding hydrogens is 428 g/mol. The minimum Gasteiger partial charge on any atom is -0.491 e. The quantitative estimate of drug-likeness (QED) is 0.411. The van der Waals surface area contributed by atoms with Gasteiger partial charge in [0.2, 0.25) is 0 Å². The number of anilines is 1. The summed E-state index contributed by atoms with van der Waals surface area (Å²) in [5.74, 6) is 2.45. The second-order valence-corrected chi connectivity index (χ2v) is 8.93. The Hall–Kier alpha value is -3.52. The summed E-state index contributed by atoms with van der Waals surface area (Å²) < 4.78 is 7.92. The predicted molar refractivity (Wildman–Crippen MR) is 132 cm³/mol. The van der Waals surface area contributed by atoms with E-state index in [0.29, 0.717) is 18.4 Å². The summed E-state index contributed by atoms with van der Waals surface area (Å²) in [6.45, 7) is 6.64. The topological polar surface area (TPSA) is 98.0 Å². The fourth-order valence-corrected chi connectivity index (χ4v) is 4.49. The van der Waals surface area contributed by atoms with E-state index < -0.39 is 0 Å². The van der Waals surface area contributed by atoms with Gasteiger partial charge >= 0.3 is 0 Å². The third-order valence-corrected chi connectivity index (χ3v) is 6.67. The van der Waals surface area contributed by atoms with E-state index in [-0.39, 0.29) is 6.61 Å². The first-order chi connectivity index (χ1) is 16.6. The van der Waals surface area contributed by atoms with Crippen LogP contribution in [0, 0.1) is 5.92 Å². The van der Waals surface area contributed by atoms with Crippen LogP contribution in [-0.2, 0) is 13.0 Å². The SMILES string of the molecule is CC(c1ccnc2c1OCCC2)[C@H](C)CNc1cc(-c2cnc3c(ccn3CCO)c2)ncn1. The van der Waals surface area contributed by atoms with Crippen molar-refractivity contribution in [1.82, 2.24) is 24.5 Å². The molecule has 0 aromatic carbocycles. The highest BCUT2D eigenvalue weighted by molar-refractivity contribution is 5.81. The fraction of sp³-hybridized carbons (Fsp3) is 0.385. The number of ether oxygens (including phenoxy) is 1. The van der Waals surface area contributed by atoms with Gasteiger partial charge in [0.1, 0.15) is 23.5 Å². The van der Waals surface area contributed by atoms with E-state index in [1.807, 2.05) is 35.3 Å². The molecule has 0 fully saturated rings. The summed E-state index contributed by atoms with van der Waals surface area (Å²) in [4.78, 5) is 18.0. The number of aliphatic hydroxyl groups excluding tert-OH is 1. The molecule has 0 radical (unpaired) electrons. The highest BCUT2D eigenvalue weighted by Crippen LogP contribution is 2.35. The van der Waals surface area contributed by atoms with Gasteiger partial charge in [0.05, 0.1) is 24.6 Å². The van der Waals surface area contributed by atoms with Crippen LogP contribution in [0.15, 0.2) is 49.2 Å². The molecule has 5 heterocycles. The number of hydrogen-bond donors (Lipinski definition) is 2. The average molecular weight is 459 g/mol. The van der Waals surface area contributed by atoms with Crippen LogP contribution in [0.5, 0.6) is 5.75 Å². The summed E-state index contributed by atoms with van der Waals surface area (Å²) in [5, 5.41) is 13.7. The number of aliphatic hydroxyl groups is 1. The molecule has 0 saturated carbocycles. The third-order valence-electron chi connectivity index (χ3n) is 6.67. The van der Waals surface area contributed by atoms with Crippen LogP contribution in [0.1, 0.15) is 37.4 Å². The van der Waals surface area contributed by atoms with Gasteiger partial charge in [0.25, 0.3) is 0 Å². The molecular formula is C26H30N6O2. The van der Waals surface area contributed by atoms with Gasteiger partial charge in [-0.1, -0.05) is 13.8 Å². The van der Waals surface area contributed by atoms with E-state index in [2.05, 4.69) is 51.2 Å². The van der Waals surface area contributed by atoms with Crippen molar-refractivity contribution >= 4 is 16.9 Å². The van der Waals surface area contributed by atoms with Crippen LogP contribution >= 0.6 is 0 Å². The van der Waals surface area contributed by atoms with Gasteiger partial charge in [-0.05, 0) is 42.9 Å². The lowest BCUT2D eigenvalue weighted by Crippen LogP contribution is -2.20. The molecule has 0 bridgehead atoms. The Kier molecular flexibility index (Phi) is 6.40. The first-order valence-electron chi connectivity index (χ1n) is 11.9. The van der Waals surface area contributed by atoms with Crippen LogP contribution in [0.25, 0.3) is 22.3 Å². The van der Waals surface area contributed by atoms with Crippen molar-refractivity contribution in [1.29, 1.82) is 0 Å². The van der Waals surface area contributed by atoms with Crippen molar-refractivity contribution < 1.29 is 9.84 Å². The number of aryl methyl sites for hydroxylation is 1. The first-order valence-corrected chi connectivity index (χ1v) is 11.9. The Balaban J connectivity index is 1.29. The lowest BCUT2D eigenvalue weighted by molar-refractivity contribution is 0.277. The highest BCUT2D eigenvalue weighted by atomic mass is 16.5. The Morgan fingerprint density at radius 3 is 2.94 bits per heavy atom. The number of hydrogen-bond acceptors (Lipinski definition) is 7. The zero-order chi connectivity index (χ0) is 23.5. The molecule has 34 heavy (non-hydrogen) atoms. The fourth-order valence-electron chi connectivity index (χ4n) is 4.49. The molecule has 2 atom stereocenters. The van der Waals surface area contributed by atoms with Crippen LogP contribution < -0.4 is 10.1 Å². The second kappa shape index (κ2) is 9.77. The normalized spacial score (nSPS) is 14.9. The average Bonchev–Trinajstić information content (AvgIpc) is 3.29. The molecule has 0 saturated heterocycles. The molecule has 1 aliphatic heterocycles. The molecule has 5 rings (SSSR count). The van der Waals surface area contributed by atoms with Crippen molar-refractivity contribution in [2.45, 2.75) is 39.2 Å². The zero-order valence-corrected chi connectivity index (χ0v) is 19.6. The van der Waals surface area contributed by atoms with E-state index in [0.717, 1.165) is 65.5 Å². The smallest absolute Gasteiger partial charge is 0.144 e. The largest absolute Gasteiger partial charge is 0.491 e. The van der Waals surface area contributed by atoms with E-state index in [1.165, 1.54) is 5.56 Å².